The SMILES string of the molecule is CCOC(C)(OCC)OP(=O)(CC)C[C@H](NC(=O)OC(C)(C)C)C(=O)OC. The van der Waals surface area contributed by atoms with Crippen LogP contribution in [0.25, 0.3) is 0 Å². The van der Waals surface area contributed by atoms with Gasteiger partial charge in [-0.25, -0.2) is 9.59 Å². The zero-order valence-corrected chi connectivity index (χ0v) is 18.5. The number of carbonyl (C=O) groups is 2. The molecule has 0 aliphatic carbocycles. The molecular weight excluding hydrogens is 377 g/mol. The molecule has 0 spiro atoms. The summed E-state index contributed by atoms with van der Waals surface area (Å²) in [6.07, 6.45) is -1.00. The predicted molar refractivity (Wildman–Crippen MR) is 101 cm³/mol. The molecule has 0 rings (SSSR count). The van der Waals surface area contributed by atoms with Crippen molar-refractivity contribution in [2.45, 2.75) is 66.1 Å². The van der Waals surface area contributed by atoms with E-state index < -0.39 is 37.0 Å². The van der Waals surface area contributed by atoms with Crippen LogP contribution in [0.1, 0.15) is 48.5 Å². The van der Waals surface area contributed by atoms with Crippen LogP contribution in [0.2, 0.25) is 0 Å². The molecule has 0 bridgehead atoms. The number of hydrogen-bond donors (Lipinski definition) is 1. The highest BCUT2D eigenvalue weighted by Gasteiger charge is 2.40. The summed E-state index contributed by atoms with van der Waals surface area (Å²) in [5.41, 5.74) is -0.752. The molecule has 160 valence electrons. The molecule has 0 aromatic rings. The van der Waals surface area contributed by atoms with Gasteiger partial charge in [0, 0.05) is 26.3 Å². The summed E-state index contributed by atoms with van der Waals surface area (Å²) in [5, 5.41) is 2.39. The lowest BCUT2D eigenvalue weighted by Gasteiger charge is -2.33. The second-order valence-corrected chi connectivity index (χ2v) is 9.66. The molecular formula is C17H34NO8P. The fraction of sp³-hybridized carbons (Fsp3) is 0.882. The highest BCUT2D eigenvalue weighted by molar-refractivity contribution is 7.59. The van der Waals surface area contributed by atoms with Crippen molar-refractivity contribution in [1.82, 2.24) is 5.32 Å². The minimum absolute atomic E-state index is 0.103. The maximum absolute atomic E-state index is 13.3. The van der Waals surface area contributed by atoms with Crippen LogP contribution in [0, 0.1) is 0 Å². The van der Waals surface area contributed by atoms with Crippen molar-refractivity contribution >= 4 is 19.4 Å². The van der Waals surface area contributed by atoms with Crippen molar-refractivity contribution in [3.8, 4) is 0 Å². The van der Waals surface area contributed by atoms with Crippen LogP contribution in [0.5, 0.6) is 0 Å². The summed E-state index contributed by atoms with van der Waals surface area (Å²) in [6.45, 7) is 12.3. The van der Waals surface area contributed by atoms with Gasteiger partial charge in [-0.15, -0.1) is 0 Å². The number of hydrogen-bond acceptors (Lipinski definition) is 8. The van der Waals surface area contributed by atoms with Gasteiger partial charge in [0.05, 0.1) is 13.3 Å². The largest absolute Gasteiger partial charge is 0.467 e. The average Bonchev–Trinajstić information content (AvgIpc) is 2.51. The third-order valence-electron chi connectivity index (χ3n) is 3.26. The molecule has 1 unspecified atom stereocenters. The predicted octanol–water partition coefficient (Wildman–Crippen LogP) is 3.11. The number of rotatable bonds is 11. The van der Waals surface area contributed by atoms with Gasteiger partial charge in [0.15, 0.2) is 0 Å². The number of alkyl carbamates (subject to hydrolysis) is 1. The van der Waals surface area contributed by atoms with E-state index in [-0.39, 0.29) is 25.5 Å². The molecule has 0 heterocycles. The summed E-state index contributed by atoms with van der Waals surface area (Å²) in [6, 6.07) is -1.21. The van der Waals surface area contributed by atoms with Gasteiger partial charge >= 0.3 is 12.1 Å². The van der Waals surface area contributed by atoms with Crippen LogP contribution in [0.3, 0.4) is 0 Å². The molecule has 0 saturated carbocycles. The van der Waals surface area contributed by atoms with Crippen molar-refractivity contribution in [3.05, 3.63) is 0 Å². The van der Waals surface area contributed by atoms with Crippen LogP contribution in [-0.2, 0) is 32.8 Å². The Morgan fingerprint density at radius 1 is 1.04 bits per heavy atom. The lowest BCUT2D eigenvalue weighted by molar-refractivity contribution is -0.328. The zero-order valence-electron chi connectivity index (χ0n) is 17.6. The minimum Gasteiger partial charge on any atom is -0.467 e. The average molecular weight is 411 g/mol. The van der Waals surface area contributed by atoms with E-state index in [2.05, 4.69) is 5.32 Å². The van der Waals surface area contributed by atoms with E-state index in [1.54, 1.807) is 41.5 Å². The van der Waals surface area contributed by atoms with E-state index in [9.17, 15) is 14.2 Å². The summed E-state index contributed by atoms with van der Waals surface area (Å²) in [5.74, 6) is -2.28. The third kappa shape index (κ3) is 10.1. The summed E-state index contributed by atoms with van der Waals surface area (Å²) in [4.78, 5) is 24.1. The molecule has 0 radical (unpaired) electrons. The topological polar surface area (TPSA) is 109 Å². The molecule has 10 heteroatoms. The van der Waals surface area contributed by atoms with Crippen molar-refractivity contribution in [3.63, 3.8) is 0 Å². The van der Waals surface area contributed by atoms with Crippen LogP contribution in [0.15, 0.2) is 0 Å². The Hall–Kier alpha value is -1.15. The standard InChI is InChI=1S/C17H34NO8P/c1-9-23-17(7,24-10-2)26-27(21,11-3)12-13(14(19)22-8)18-15(20)25-16(4,5)6/h13H,9-12H2,1-8H3,(H,18,20)/t13-,27?/m0/s1. The molecule has 0 aromatic carbocycles. The smallest absolute Gasteiger partial charge is 0.408 e. The molecule has 1 amide bonds. The highest BCUT2D eigenvalue weighted by atomic mass is 31.2. The summed E-state index contributed by atoms with van der Waals surface area (Å²) in [7, 11) is -2.26. The number of nitrogens with one attached hydrogen (secondary N) is 1. The first-order chi connectivity index (χ1) is 12.3. The molecule has 9 nitrogen and oxygen atoms in total. The van der Waals surface area contributed by atoms with Gasteiger partial charge in [0.2, 0.25) is 7.37 Å². The van der Waals surface area contributed by atoms with E-state index >= 15 is 0 Å². The number of methoxy groups -OCH3 is 1. The molecule has 0 saturated heterocycles. The molecule has 0 aliphatic rings. The first kappa shape index (κ1) is 25.9. The Morgan fingerprint density at radius 2 is 1.56 bits per heavy atom. The van der Waals surface area contributed by atoms with Gasteiger partial charge in [-0.05, 0) is 34.6 Å². The van der Waals surface area contributed by atoms with Crippen molar-refractivity contribution in [1.29, 1.82) is 0 Å². The van der Waals surface area contributed by atoms with E-state index in [1.165, 1.54) is 14.0 Å². The minimum atomic E-state index is -3.43. The Labute approximate surface area is 161 Å². The first-order valence-electron chi connectivity index (χ1n) is 8.97. The Balaban J connectivity index is 5.41. The van der Waals surface area contributed by atoms with Gasteiger partial charge in [0.25, 0.3) is 5.97 Å². The van der Waals surface area contributed by atoms with Gasteiger partial charge in [0.1, 0.15) is 11.6 Å². The molecule has 0 aliphatic heterocycles. The molecule has 27 heavy (non-hydrogen) atoms. The van der Waals surface area contributed by atoms with Crippen molar-refractivity contribution in [2.75, 3.05) is 32.6 Å². The van der Waals surface area contributed by atoms with Gasteiger partial charge in [-0.2, -0.15) is 0 Å². The maximum Gasteiger partial charge on any atom is 0.408 e. The van der Waals surface area contributed by atoms with Crippen molar-refractivity contribution < 1.29 is 37.6 Å². The Morgan fingerprint density at radius 3 is 1.93 bits per heavy atom. The normalized spacial score (nSPS) is 15.6. The van der Waals surface area contributed by atoms with Gasteiger partial charge < -0.3 is 24.3 Å². The van der Waals surface area contributed by atoms with E-state index in [0.29, 0.717) is 0 Å². The number of amides is 1. The quantitative estimate of drug-likeness (QED) is 0.314. The number of ether oxygens (including phenoxy) is 4. The molecule has 1 N–H and O–H groups in total. The summed E-state index contributed by atoms with van der Waals surface area (Å²) < 4.78 is 39.7. The van der Waals surface area contributed by atoms with Crippen LogP contribution in [-0.4, -0.2) is 62.3 Å². The van der Waals surface area contributed by atoms with Crippen LogP contribution < -0.4 is 5.32 Å². The second kappa shape index (κ2) is 11.0. The fourth-order valence-corrected chi connectivity index (χ4v) is 4.17. The van der Waals surface area contributed by atoms with Crippen LogP contribution in [0.4, 0.5) is 4.79 Å². The lowest BCUT2D eigenvalue weighted by atomic mass is 10.2. The third-order valence-corrected chi connectivity index (χ3v) is 5.81. The van der Waals surface area contributed by atoms with E-state index in [4.69, 9.17) is 23.5 Å². The monoisotopic (exact) mass is 411 g/mol. The first-order valence-corrected chi connectivity index (χ1v) is 11.0. The highest BCUT2D eigenvalue weighted by Crippen LogP contribution is 2.51. The van der Waals surface area contributed by atoms with Crippen molar-refractivity contribution in [2.24, 2.45) is 0 Å². The summed E-state index contributed by atoms with van der Waals surface area (Å²) >= 11 is 0. The van der Waals surface area contributed by atoms with E-state index in [0.717, 1.165) is 0 Å². The Bertz CT molecular complexity index is 526. The molecule has 2 atom stereocenters. The van der Waals surface area contributed by atoms with E-state index in [1.807, 2.05) is 0 Å². The molecule has 0 fully saturated rings. The fourth-order valence-electron chi connectivity index (χ4n) is 2.20. The van der Waals surface area contributed by atoms with Crippen LogP contribution >= 0.6 is 7.37 Å². The maximum atomic E-state index is 13.3. The number of carbonyl (C=O) groups excluding carboxylic acids is 2. The second-order valence-electron chi connectivity index (χ2n) is 6.86. The lowest BCUT2D eigenvalue weighted by Crippen LogP contribution is -2.47. The number of esters is 1. The molecule has 0 aromatic heterocycles. The van der Waals surface area contributed by atoms with Gasteiger partial charge in [-0.3, -0.25) is 9.09 Å². The van der Waals surface area contributed by atoms with Gasteiger partial charge in [-0.1, -0.05) is 6.92 Å². The Kier molecular flexibility index (Phi) is 10.5. The zero-order chi connectivity index (χ0) is 21.3.